The van der Waals surface area contributed by atoms with Crippen molar-refractivity contribution in [3.8, 4) is 11.5 Å². The summed E-state index contributed by atoms with van der Waals surface area (Å²) in [4.78, 5) is 41.1. The number of aromatic nitrogens is 2. The number of fused-ring (bicyclic) bond motifs is 2. The molecule has 1 aliphatic heterocycles. The SMILES string of the molecule is Cc1nc2c(OCc3c(Cl)ccc(N(C)C(=O)CNC(=O)/C=C/c4ccc5c(c4)OOC5)c3Cl)cccn2c1Br.Cl. The third-order valence-corrected chi connectivity index (χ3v) is 8.02. The molecule has 13 heteroatoms. The standard InChI is InChI=1S/C28H23BrCl2N4O5.ClH/c1-16-27(29)35-11-3-4-22(28(35)33-16)38-15-19-20(30)8-9-21(26(19)31)34(2)25(37)13-32-24(36)10-6-17-5-7-18-14-39-40-23(18)12-17;/h3-12H,13-15H2,1-2H3,(H,32,36);1H/b10-6+;. The van der Waals surface area contributed by atoms with Gasteiger partial charge in [-0.15, -0.1) is 12.4 Å². The number of nitrogens with zero attached hydrogens (tertiary/aromatic N) is 3. The average molecular weight is 683 g/mol. The van der Waals surface area contributed by atoms with E-state index in [0.717, 1.165) is 21.4 Å². The second kappa shape index (κ2) is 13.1. The summed E-state index contributed by atoms with van der Waals surface area (Å²) in [5.41, 5.74) is 4.11. The summed E-state index contributed by atoms with van der Waals surface area (Å²) >= 11 is 16.6. The van der Waals surface area contributed by atoms with Crippen LogP contribution in [0, 0.1) is 6.92 Å². The van der Waals surface area contributed by atoms with Crippen molar-refractivity contribution in [1.29, 1.82) is 0 Å². The van der Waals surface area contributed by atoms with Gasteiger partial charge < -0.3 is 19.8 Å². The van der Waals surface area contributed by atoms with Gasteiger partial charge in [0.25, 0.3) is 0 Å². The van der Waals surface area contributed by atoms with Crippen molar-refractivity contribution in [3.05, 3.63) is 91.8 Å². The van der Waals surface area contributed by atoms with Gasteiger partial charge in [-0.1, -0.05) is 35.3 Å². The summed E-state index contributed by atoms with van der Waals surface area (Å²) in [6, 6.07) is 12.4. The fourth-order valence-corrected chi connectivity index (χ4v) is 5.02. The number of rotatable bonds is 8. The number of halogens is 4. The lowest BCUT2D eigenvalue weighted by Crippen LogP contribution is -2.37. The van der Waals surface area contributed by atoms with Gasteiger partial charge in [-0.25, -0.2) is 4.98 Å². The minimum Gasteiger partial charge on any atom is -0.485 e. The van der Waals surface area contributed by atoms with Crippen molar-refractivity contribution in [2.75, 3.05) is 18.5 Å². The molecule has 0 atom stereocenters. The van der Waals surface area contributed by atoms with Crippen LogP contribution in [0.2, 0.25) is 10.0 Å². The fraction of sp³-hybridized carbons (Fsp3) is 0.179. The highest BCUT2D eigenvalue weighted by atomic mass is 79.9. The molecule has 0 spiro atoms. The van der Waals surface area contributed by atoms with E-state index in [2.05, 4.69) is 26.2 Å². The number of likely N-dealkylation sites (N-methyl/N-ethyl adjacent to an activating group) is 1. The van der Waals surface area contributed by atoms with Crippen molar-refractivity contribution in [2.24, 2.45) is 0 Å². The summed E-state index contributed by atoms with van der Waals surface area (Å²) < 4.78 is 8.75. The molecular formula is C28H24BrCl3N4O5. The van der Waals surface area contributed by atoms with Gasteiger partial charge in [-0.05, 0) is 64.8 Å². The zero-order valence-electron chi connectivity index (χ0n) is 21.8. The molecule has 5 rings (SSSR count). The molecule has 1 N–H and O–H groups in total. The number of amides is 2. The summed E-state index contributed by atoms with van der Waals surface area (Å²) in [6.45, 7) is 2.10. The Morgan fingerprint density at radius 1 is 1.24 bits per heavy atom. The lowest BCUT2D eigenvalue weighted by molar-refractivity contribution is -0.194. The van der Waals surface area contributed by atoms with Crippen LogP contribution in [0.25, 0.3) is 11.7 Å². The highest BCUT2D eigenvalue weighted by Gasteiger charge is 2.20. The third kappa shape index (κ3) is 6.63. The Bertz CT molecular complexity index is 1660. The van der Waals surface area contributed by atoms with Crippen LogP contribution in [0.4, 0.5) is 5.69 Å². The highest BCUT2D eigenvalue weighted by molar-refractivity contribution is 9.10. The molecule has 214 valence electrons. The number of carbonyl (C=O) groups is 2. The Morgan fingerprint density at radius 3 is 2.85 bits per heavy atom. The third-order valence-electron chi connectivity index (χ3n) is 6.28. The molecule has 0 saturated heterocycles. The molecule has 0 aliphatic carbocycles. The first-order valence-corrected chi connectivity index (χ1v) is 13.7. The Kier molecular flexibility index (Phi) is 9.83. The highest BCUT2D eigenvalue weighted by Crippen LogP contribution is 2.35. The van der Waals surface area contributed by atoms with E-state index in [9.17, 15) is 9.59 Å². The Balaban J connectivity index is 0.00000387. The minimum absolute atomic E-state index is 0. The molecule has 1 aliphatic rings. The van der Waals surface area contributed by atoms with Crippen LogP contribution in [0.5, 0.6) is 11.5 Å². The first-order chi connectivity index (χ1) is 19.2. The van der Waals surface area contributed by atoms with Crippen molar-refractivity contribution >= 4 is 80.8 Å². The summed E-state index contributed by atoms with van der Waals surface area (Å²) in [6.07, 6.45) is 4.84. The molecule has 0 bridgehead atoms. The van der Waals surface area contributed by atoms with Gasteiger partial charge in [0.15, 0.2) is 17.1 Å². The lowest BCUT2D eigenvalue weighted by atomic mass is 10.1. The molecule has 2 amide bonds. The smallest absolute Gasteiger partial charge is 0.246 e. The molecule has 2 aromatic carbocycles. The molecule has 2 aromatic heterocycles. The van der Waals surface area contributed by atoms with Gasteiger partial charge in [-0.2, -0.15) is 4.89 Å². The zero-order chi connectivity index (χ0) is 28.4. The quantitative estimate of drug-likeness (QED) is 0.173. The molecule has 3 heterocycles. The number of hydrogen-bond acceptors (Lipinski definition) is 6. The van der Waals surface area contributed by atoms with Crippen molar-refractivity contribution < 1.29 is 24.1 Å². The molecule has 41 heavy (non-hydrogen) atoms. The maximum Gasteiger partial charge on any atom is 0.246 e. The number of imidazole rings is 1. The maximum absolute atomic E-state index is 12.9. The van der Waals surface area contributed by atoms with E-state index in [-0.39, 0.29) is 36.5 Å². The van der Waals surface area contributed by atoms with E-state index < -0.39 is 5.91 Å². The fourth-order valence-electron chi connectivity index (χ4n) is 4.04. The van der Waals surface area contributed by atoms with E-state index in [4.69, 9.17) is 37.7 Å². The second-order valence-corrected chi connectivity index (χ2v) is 10.5. The average Bonchev–Trinajstić information content (AvgIpc) is 3.54. The molecule has 0 saturated carbocycles. The van der Waals surface area contributed by atoms with Crippen molar-refractivity contribution in [1.82, 2.24) is 14.7 Å². The summed E-state index contributed by atoms with van der Waals surface area (Å²) in [5, 5.41) is 3.25. The van der Waals surface area contributed by atoms with E-state index >= 15 is 0 Å². The maximum atomic E-state index is 12.9. The Labute approximate surface area is 260 Å². The minimum atomic E-state index is -0.425. The first kappa shape index (κ1) is 30.7. The molecule has 0 fully saturated rings. The number of pyridine rings is 1. The van der Waals surface area contributed by atoms with Crippen LogP contribution in [0.1, 0.15) is 22.4 Å². The zero-order valence-corrected chi connectivity index (χ0v) is 25.7. The molecule has 0 radical (unpaired) electrons. The number of benzene rings is 2. The van der Waals surface area contributed by atoms with Crippen LogP contribution in [0.3, 0.4) is 0 Å². The van der Waals surface area contributed by atoms with E-state index in [0.29, 0.717) is 40.0 Å². The van der Waals surface area contributed by atoms with Crippen LogP contribution in [-0.2, 0) is 27.7 Å². The molecular weight excluding hydrogens is 659 g/mol. The Hall–Kier alpha value is -3.28. The van der Waals surface area contributed by atoms with E-state index in [1.54, 1.807) is 37.4 Å². The predicted octanol–water partition coefficient (Wildman–Crippen LogP) is 6.33. The van der Waals surface area contributed by atoms with Gasteiger partial charge >= 0.3 is 0 Å². The van der Waals surface area contributed by atoms with Gasteiger partial charge in [0.2, 0.25) is 11.8 Å². The molecule has 4 aromatic rings. The van der Waals surface area contributed by atoms with Crippen LogP contribution < -0.4 is 19.8 Å². The van der Waals surface area contributed by atoms with Gasteiger partial charge in [-0.3, -0.25) is 14.0 Å². The Morgan fingerprint density at radius 2 is 2.05 bits per heavy atom. The summed E-state index contributed by atoms with van der Waals surface area (Å²) in [5.74, 6) is 0.370. The topological polar surface area (TPSA) is 94.4 Å². The van der Waals surface area contributed by atoms with Gasteiger partial charge in [0.1, 0.15) is 17.8 Å². The number of ether oxygens (including phenoxy) is 1. The van der Waals surface area contributed by atoms with Crippen LogP contribution >= 0.6 is 51.5 Å². The largest absolute Gasteiger partial charge is 0.485 e. The van der Waals surface area contributed by atoms with E-state index in [1.807, 2.05) is 35.7 Å². The van der Waals surface area contributed by atoms with Gasteiger partial charge in [0.05, 0.1) is 22.9 Å². The first-order valence-electron chi connectivity index (χ1n) is 12.1. The van der Waals surface area contributed by atoms with E-state index in [1.165, 1.54) is 11.0 Å². The normalized spacial score (nSPS) is 12.1. The van der Waals surface area contributed by atoms with Gasteiger partial charge in [0, 0.05) is 35.5 Å². The summed E-state index contributed by atoms with van der Waals surface area (Å²) in [7, 11) is 1.57. The number of nitrogens with one attached hydrogen (secondary N) is 1. The number of hydrogen-bond donors (Lipinski definition) is 1. The van der Waals surface area contributed by atoms with Crippen LogP contribution in [0.15, 0.2) is 59.3 Å². The second-order valence-electron chi connectivity index (χ2n) is 8.92. The lowest BCUT2D eigenvalue weighted by Gasteiger charge is -2.21. The molecule has 9 nitrogen and oxygen atoms in total. The number of aryl methyl sites for hydroxylation is 1. The monoisotopic (exact) mass is 680 g/mol. The molecule has 0 unspecified atom stereocenters. The number of anilines is 1. The van der Waals surface area contributed by atoms with Crippen molar-refractivity contribution in [2.45, 2.75) is 20.1 Å². The van der Waals surface area contributed by atoms with Crippen LogP contribution in [-0.4, -0.2) is 34.8 Å². The van der Waals surface area contributed by atoms with Crippen molar-refractivity contribution in [3.63, 3.8) is 0 Å². The number of carbonyl (C=O) groups excluding carboxylic acids is 2. The predicted molar refractivity (Wildman–Crippen MR) is 163 cm³/mol.